The molecule has 1 saturated heterocycles. The van der Waals surface area contributed by atoms with E-state index in [1.807, 2.05) is 6.92 Å². The number of methoxy groups -OCH3 is 1. The van der Waals surface area contributed by atoms with Crippen molar-refractivity contribution in [1.82, 2.24) is 10.2 Å². The van der Waals surface area contributed by atoms with Crippen LogP contribution < -0.4 is 14.8 Å². The number of carbonyl (C=O) groups excluding carboxylic acids is 3. The molecular weight excluding hydrogens is 423 g/mol. The summed E-state index contributed by atoms with van der Waals surface area (Å²) in [5.74, 6) is -0.333. The number of thioether (sulfide) groups is 1. The van der Waals surface area contributed by atoms with Gasteiger partial charge in [-0.05, 0) is 60.7 Å². The summed E-state index contributed by atoms with van der Waals surface area (Å²) in [5, 5.41) is 2.16. The first-order valence-electron chi connectivity index (χ1n) is 9.53. The number of nitrogens with zero attached hydrogens (tertiary/aromatic N) is 1. The number of nitrogens with one attached hydrogen (secondary N) is 1. The van der Waals surface area contributed by atoms with Crippen LogP contribution in [0.25, 0.3) is 6.08 Å². The van der Waals surface area contributed by atoms with E-state index in [0.717, 1.165) is 22.7 Å². The number of benzene rings is 2. The van der Waals surface area contributed by atoms with Gasteiger partial charge in [0.15, 0.2) is 11.5 Å². The molecule has 3 amide bonds. The first kappa shape index (κ1) is 22.4. The lowest BCUT2D eigenvalue weighted by atomic mass is 10.2. The van der Waals surface area contributed by atoms with Crippen molar-refractivity contribution in [2.45, 2.75) is 6.92 Å². The molecule has 7 nitrogen and oxygen atoms in total. The topological polar surface area (TPSA) is 84.9 Å². The Morgan fingerprint density at radius 3 is 2.71 bits per heavy atom. The molecule has 9 heteroatoms. The van der Waals surface area contributed by atoms with Crippen molar-refractivity contribution in [2.24, 2.45) is 0 Å². The molecule has 0 aromatic heterocycles. The Hall–Kier alpha value is -3.33. The van der Waals surface area contributed by atoms with Crippen LogP contribution in [0.1, 0.15) is 22.8 Å². The highest BCUT2D eigenvalue weighted by Gasteiger charge is 2.34. The van der Waals surface area contributed by atoms with Gasteiger partial charge in [-0.15, -0.1) is 0 Å². The van der Waals surface area contributed by atoms with Gasteiger partial charge in [0.25, 0.3) is 17.1 Å². The lowest BCUT2D eigenvalue weighted by Gasteiger charge is -2.13. The van der Waals surface area contributed by atoms with Gasteiger partial charge < -0.3 is 14.8 Å². The molecule has 0 bridgehead atoms. The minimum atomic E-state index is -0.519. The monoisotopic (exact) mass is 444 g/mol. The lowest BCUT2D eigenvalue weighted by Crippen LogP contribution is -2.37. The Kier molecular flexibility index (Phi) is 7.30. The molecule has 3 rings (SSSR count). The third kappa shape index (κ3) is 5.43. The van der Waals surface area contributed by atoms with Crippen LogP contribution in [-0.2, 0) is 4.79 Å². The van der Waals surface area contributed by atoms with E-state index in [-0.39, 0.29) is 23.6 Å². The van der Waals surface area contributed by atoms with E-state index in [0.29, 0.717) is 23.7 Å². The number of carbonyl (C=O) groups is 3. The number of amides is 3. The van der Waals surface area contributed by atoms with E-state index in [4.69, 9.17) is 9.47 Å². The van der Waals surface area contributed by atoms with Crippen molar-refractivity contribution < 1.29 is 28.2 Å². The van der Waals surface area contributed by atoms with Crippen molar-refractivity contribution in [2.75, 3.05) is 26.8 Å². The average molecular weight is 444 g/mol. The fourth-order valence-electron chi connectivity index (χ4n) is 2.91. The summed E-state index contributed by atoms with van der Waals surface area (Å²) in [4.78, 5) is 38.3. The van der Waals surface area contributed by atoms with Crippen molar-refractivity contribution in [3.05, 3.63) is 64.3 Å². The van der Waals surface area contributed by atoms with E-state index in [1.165, 1.54) is 25.3 Å². The zero-order valence-electron chi connectivity index (χ0n) is 17.0. The highest BCUT2D eigenvalue weighted by molar-refractivity contribution is 8.18. The molecular formula is C22H21FN2O5S. The molecule has 0 atom stereocenters. The second-order valence-corrected chi connectivity index (χ2v) is 7.44. The van der Waals surface area contributed by atoms with E-state index < -0.39 is 22.9 Å². The maximum Gasteiger partial charge on any atom is 0.293 e. The number of rotatable bonds is 8. The third-order valence-corrected chi connectivity index (χ3v) is 5.27. The molecule has 1 aliphatic heterocycles. The molecule has 0 spiro atoms. The van der Waals surface area contributed by atoms with Crippen molar-refractivity contribution in [3.63, 3.8) is 0 Å². The van der Waals surface area contributed by atoms with Crippen LogP contribution in [0.2, 0.25) is 0 Å². The Morgan fingerprint density at radius 2 is 2.00 bits per heavy atom. The van der Waals surface area contributed by atoms with E-state index in [9.17, 15) is 18.8 Å². The second-order valence-electron chi connectivity index (χ2n) is 6.44. The van der Waals surface area contributed by atoms with E-state index in [2.05, 4.69) is 5.32 Å². The maximum atomic E-state index is 13.2. The Bertz CT molecular complexity index is 1040. The average Bonchev–Trinajstić information content (AvgIpc) is 3.02. The van der Waals surface area contributed by atoms with E-state index >= 15 is 0 Å². The summed E-state index contributed by atoms with van der Waals surface area (Å²) in [5.41, 5.74) is 0.851. The highest BCUT2D eigenvalue weighted by Crippen LogP contribution is 2.34. The normalized spacial score (nSPS) is 14.8. The van der Waals surface area contributed by atoms with Gasteiger partial charge in [-0.25, -0.2) is 4.39 Å². The quantitative estimate of drug-likeness (QED) is 0.625. The van der Waals surface area contributed by atoms with Gasteiger partial charge in [-0.2, -0.15) is 0 Å². The number of ether oxygens (including phenoxy) is 2. The van der Waals surface area contributed by atoms with Crippen LogP contribution in [0.3, 0.4) is 0 Å². The maximum absolute atomic E-state index is 13.2. The third-order valence-electron chi connectivity index (χ3n) is 4.37. The molecule has 0 saturated carbocycles. The molecule has 2 aromatic rings. The van der Waals surface area contributed by atoms with Gasteiger partial charge in [0, 0.05) is 18.7 Å². The number of halogens is 1. The van der Waals surface area contributed by atoms with Crippen molar-refractivity contribution >= 4 is 34.9 Å². The zero-order valence-corrected chi connectivity index (χ0v) is 17.8. The predicted octanol–water partition coefficient (Wildman–Crippen LogP) is 3.70. The molecule has 162 valence electrons. The largest absolute Gasteiger partial charge is 0.493 e. The molecule has 2 aromatic carbocycles. The number of hydrogen-bond donors (Lipinski definition) is 1. The minimum absolute atomic E-state index is 0.00958. The summed E-state index contributed by atoms with van der Waals surface area (Å²) in [6.07, 6.45) is 1.61. The van der Waals surface area contributed by atoms with Gasteiger partial charge in [0.2, 0.25) is 0 Å². The van der Waals surface area contributed by atoms with Crippen LogP contribution in [0.4, 0.5) is 9.18 Å². The van der Waals surface area contributed by atoms with Crippen LogP contribution in [0.15, 0.2) is 47.4 Å². The van der Waals surface area contributed by atoms with Crippen LogP contribution in [-0.4, -0.2) is 48.8 Å². The summed E-state index contributed by atoms with van der Waals surface area (Å²) < 4.78 is 24.0. The van der Waals surface area contributed by atoms with Crippen LogP contribution in [0, 0.1) is 5.82 Å². The Labute approximate surface area is 183 Å². The molecule has 0 unspecified atom stereocenters. The van der Waals surface area contributed by atoms with Crippen LogP contribution in [0.5, 0.6) is 11.5 Å². The first-order chi connectivity index (χ1) is 14.9. The lowest BCUT2D eigenvalue weighted by molar-refractivity contribution is -0.122. The van der Waals surface area contributed by atoms with Crippen molar-refractivity contribution in [3.8, 4) is 11.5 Å². The van der Waals surface area contributed by atoms with Crippen molar-refractivity contribution in [1.29, 1.82) is 0 Å². The number of hydrogen-bond acceptors (Lipinski definition) is 6. The first-order valence-corrected chi connectivity index (χ1v) is 10.3. The predicted molar refractivity (Wildman–Crippen MR) is 116 cm³/mol. The molecule has 31 heavy (non-hydrogen) atoms. The molecule has 0 aliphatic carbocycles. The summed E-state index contributed by atoms with van der Waals surface area (Å²) >= 11 is 0.826. The standard InChI is InChI=1S/C22H21FN2O5S/c1-3-30-17-8-7-14(11-18(17)29-2)12-19-21(27)25(22(28)31-19)10-9-24-20(26)15-5-4-6-16(23)13-15/h4-8,11-13H,3,9-10H2,1-2H3,(H,24,26)/b19-12-. The van der Waals surface area contributed by atoms with Gasteiger partial charge in [0.1, 0.15) is 5.82 Å². The van der Waals surface area contributed by atoms with E-state index in [1.54, 1.807) is 24.3 Å². The fourth-order valence-corrected chi connectivity index (χ4v) is 3.77. The van der Waals surface area contributed by atoms with Gasteiger partial charge in [0.05, 0.1) is 18.6 Å². The zero-order chi connectivity index (χ0) is 22.4. The van der Waals surface area contributed by atoms with Gasteiger partial charge in [-0.3, -0.25) is 19.3 Å². The SMILES string of the molecule is CCOc1ccc(/C=C2\SC(=O)N(CCNC(=O)c3cccc(F)c3)C2=O)cc1OC. The summed E-state index contributed by atoms with van der Waals surface area (Å²) in [7, 11) is 1.52. The second kappa shape index (κ2) is 10.1. The molecule has 1 heterocycles. The smallest absolute Gasteiger partial charge is 0.293 e. The molecule has 1 fully saturated rings. The Balaban J connectivity index is 1.63. The molecule has 0 radical (unpaired) electrons. The fraction of sp³-hybridized carbons (Fsp3) is 0.227. The Morgan fingerprint density at radius 1 is 1.19 bits per heavy atom. The molecule has 1 aliphatic rings. The van der Waals surface area contributed by atoms with Gasteiger partial charge in [-0.1, -0.05) is 12.1 Å². The minimum Gasteiger partial charge on any atom is -0.493 e. The highest BCUT2D eigenvalue weighted by atomic mass is 32.2. The summed E-state index contributed by atoms with van der Waals surface area (Å²) in [6.45, 7) is 2.42. The van der Waals surface area contributed by atoms with Gasteiger partial charge >= 0.3 is 0 Å². The number of imide groups is 1. The summed E-state index contributed by atoms with van der Waals surface area (Å²) in [6, 6.07) is 10.5. The molecule has 1 N–H and O–H groups in total. The van der Waals surface area contributed by atoms with Crippen LogP contribution >= 0.6 is 11.8 Å².